The van der Waals surface area contributed by atoms with Crippen molar-refractivity contribution in [1.82, 2.24) is 4.57 Å². The van der Waals surface area contributed by atoms with E-state index in [1.165, 1.54) is 45.1 Å². The van der Waals surface area contributed by atoms with Crippen LogP contribution in [0.25, 0.3) is 0 Å². The fraction of sp³-hybridized carbons (Fsp3) is 0.692. The highest BCUT2D eigenvalue weighted by Gasteiger charge is 1.98. The van der Waals surface area contributed by atoms with Crippen molar-refractivity contribution in [2.45, 2.75) is 52.0 Å². The summed E-state index contributed by atoms with van der Waals surface area (Å²) in [6, 6.07) is 0. The zero-order chi connectivity index (χ0) is 13.8. The van der Waals surface area contributed by atoms with Crippen LogP contribution in [0.2, 0.25) is 0 Å². The molecule has 0 saturated carbocycles. The molecule has 1 rings (SSSR count). The third-order valence-electron chi connectivity index (χ3n) is 2.59. The normalized spacial score (nSPS) is 9.67. The summed E-state index contributed by atoms with van der Waals surface area (Å²) in [4.78, 5) is 8.33. The van der Waals surface area contributed by atoms with E-state index < -0.39 is 6.16 Å². The van der Waals surface area contributed by atoms with Crippen LogP contribution in [0, 0.1) is 0 Å². The lowest BCUT2D eigenvalue weighted by Crippen LogP contribution is -2.37. The second-order valence-corrected chi connectivity index (χ2v) is 4.33. The molecule has 0 unspecified atom stereocenters. The van der Waals surface area contributed by atoms with Crippen molar-refractivity contribution in [1.29, 1.82) is 0 Å². The first-order valence-corrected chi connectivity index (χ1v) is 6.45. The molecule has 1 heterocycles. The lowest BCUT2D eigenvalue weighted by molar-refractivity contribution is -0.671. The molecule has 0 amide bonds. The minimum Gasteiger partial charge on any atom is -0.652 e. The Morgan fingerprint density at radius 1 is 1.22 bits per heavy atom. The number of carbonyl (C=O) groups is 1. The van der Waals surface area contributed by atoms with Gasteiger partial charge in [0.05, 0.1) is 13.6 Å². The number of unbranched alkanes of at least 4 members (excludes halogenated alkanes) is 5. The molecule has 5 nitrogen and oxygen atoms in total. The van der Waals surface area contributed by atoms with Crippen LogP contribution in [0.5, 0.6) is 0 Å². The molecule has 0 radical (unpaired) electrons. The van der Waals surface area contributed by atoms with E-state index in [0.29, 0.717) is 0 Å². The maximum Gasteiger partial charge on any atom is 1.00 e. The molecule has 5 heteroatoms. The second-order valence-electron chi connectivity index (χ2n) is 4.33. The van der Waals surface area contributed by atoms with Crippen LogP contribution in [0.4, 0.5) is 4.79 Å². The van der Waals surface area contributed by atoms with Crippen LogP contribution in [0.3, 0.4) is 0 Å². The molecule has 18 heavy (non-hydrogen) atoms. The SMILES string of the molecule is CCCCCCCCn1cc[n+](C)c1.O=C([O-])[O-].[H+]. The first-order valence-electron chi connectivity index (χ1n) is 6.45. The Balaban J connectivity index is 0. The van der Waals surface area contributed by atoms with E-state index in [0.717, 1.165) is 0 Å². The summed E-state index contributed by atoms with van der Waals surface area (Å²) in [6.45, 7) is 3.44. The summed E-state index contributed by atoms with van der Waals surface area (Å²) >= 11 is 0. The van der Waals surface area contributed by atoms with Crippen molar-refractivity contribution < 1.29 is 21.0 Å². The minimum atomic E-state index is -2.33. The van der Waals surface area contributed by atoms with Gasteiger partial charge >= 0.3 is 1.43 Å². The van der Waals surface area contributed by atoms with Crippen molar-refractivity contribution >= 4 is 6.16 Å². The summed E-state index contributed by atoms with van der Waals surface area (Å²) in [6.07, 6.45) is 12.3. The van der Waals surface area contributed by atoms with E-state index in [2.05, 4.69) is 41.8 Å². The highest BCUT2D eigenvalue weighted by molar-refractivity contribution is 5.47. The summed E-state index contributed by atoms with van der Waals surface area (Å²) < 4.78 is 4.36. The molecule has 0 N–H and O–H groups in total. The van der Waals surface area contributed by atoms with Gasteiger partial charge in [0, 0.05) is 0 Å². The molecule has 1 aromatic heterocycles. The second kappa shape index (κ2) is 10.6. The molecule has 0 aliphatic rings. The van der Waals surface area contributed by atoms with Crippen LogP contribution in [0.1, 0.15) is 46.9 Å². The Morgan fingerprint density at radius 2 is 1.78 bits per heavy atom. The highest BCUT2D eigenvalue weighted by Crippen LogP contribution is 2.05. The number of hydrogen-bond acceptors (Lipinski definition) is 3. The molecular weight excluding hydrogens is 232 g/mol. The van der Waals surface area contributed by atoms with Gasteiger partial charge in [0.1, 0.15) is 12.4 Å². The van der Waals surface area contributed by atoms with Gasteiger partial charge in [-0.2, -0.15) is 0 Å². The quantitative estimate of drug-likeness (QED) is 0.521. The van der Waals surface area contributed by atoms with Gasteiger partial charge in [-0.25, -0.2) is 9.13 Å². The van der Waals surface area contributed by atoms with Crippen LogP contribution >= 0.6 is 0 Å². The predicted molar refractivity (Wildman–Crippen MR) is 65.5 cm³/mol. The molecule has 0 spiro atoms. The van der Waals surface area contributed by atoms with Gasteiger partial charge < -0.3 is 15.0 Å². The number of nitrogens with zero attached hydrogens (tertiary/aromatic N) is 2. The summed E-state index contributed by atoms with van der Waals surface area (Å²) in [5.41, 5.74) is 0. The molecule has 0 aliphatic heterocycles. The predicted octanol–water partition coefficient (Wildman–Crippen LogP) is 0.339. The largest absolute Gasteiger partial charge is 1.00 e. The number of imidazole rings is 1. The van der Waals surface area contributed by atoms with Gasteiger partial charge in [-0.15, -0.1) is 0 Å². The maximum absolute atomic E-state index is 8.33. The summed E-state index contributed by atoms with van der Waals surface area (Å²) in [5, 5.41) is 16.7. The molecule has 0 fully saturated rings. The molecule has 0 bridgehead atoms. The van der Waals surface area contributed by atoms with Gasteiger partial charge in [0.25, 0.3) is 0 Å². The van der Waals surface area contributed by atoms with E-state index in [1.807, 2.05) is 0 Å². The van der Waals surface area contributed by atoms with E-state index in [1.54, 1.807) is 0 Å². The highest BCUT2D eigenvalue weighted by atomic mass is 16.6. The number of carbonyl (C=O) groups excluding carboxylic acids is 1. The van der Waals surface area contributed by atoms with Crippen LogP contribution < -0.4 is 14.8 Å². The zero-order valence-electron chi connectivity index (χ0n) is 12.3. The van der Waals surface area contributed by atoms with E-state index in [4.69, 9.17) is 15.0 Å². The van der Waals surface area contributed by atoms with Crippen LogP contribution in [0.15, 0.2) is 18.7 Å². The average Bonchev–Trinajstić information content (AvgIpc) is 2.69. The third kappa shape index (κ3) is 11.0. The van der Waals surface area contributed by atoms with Gasteiger partial charge in [0.15, 0.2) is 0 Å². The Kier molecular flexibility index (Phi) is 9.73. The molecule has 0 saturated heterocycles. The first kappa shape index (κ1) is 16.5. The average molecular weight is 256 g/mol. The monoisotopic (exact) mass is 256 g/mol. The molecular formula is C13H24N2O3. The molecule has 1 aromatic rings. The van der Waals surface area contributed by atoms with Crippen molar-refractivity contribution in [3.8, 4) is 0 Å². The van der Waals surface area contributed by atoms with Gasteiger partial charge in [0.2, 0.25) is 6.33 Å². The Labute approximate surface area is 110 Å². The van der Waals surface area contributed by atoms with E-state index in [9.17, 15) is 0 Å². The van der Waals surface area contributed by atoms with Crippen molar-refractivity contribution in [3.05, 3.63) is 18.7 Å². The fourth-order valence-corrected chi connectivity index (χ4v) is 1.71. The number of aromatic nitrogens is 2. The summed E-state index contributed by atoms with van der Waals surface area (Å²) in [5.74, 6) is 0. The van der Waals surface area contributed by atoms with Crippen molar-refractivity contribution in [3.63, 3.8) is 0 Å². The van der Waals surface area contributed by atoms with Crippen LogP contribution in [-0.2, 0) is 13.6 Å². The third-order valence-corrected chi connectivity index (χ3v) is 2.59. The Morgan fingerprint density at radius 3 is 2.28 bits per heavy atom. The van der Waals surface area contributed by atoms with Gasteiger partial charge in [-0.1, -0.05) is 32.6 Å². The molecule has 0 aliphatic carbocycles. The minimum absolute atomic E-state index is 0. The van der Waals surface area contributed by atoms with Crippen LogP contribution in [-0.4, -0.2) is 10.7 Å². The lowest BCUT2D eigenvalue weighted by Gasteiger charge is -1.98. The van der Waals surface area contributed by atoms with Gasteiger partial charge in [-0.3, -0.25) is 0 Å². The topological polar surface area (TPSA) is 72.0 Å². The van der Waals surface area contributed by atoms with Crippen molar-refractivity contribution in [2.24, 2.45) is 7.05 Å². The Hall–Kier alpha value is -1.52. The lowest BCUT2D eigenvalue weighted by atomic mass is 10.1. The Bertz CT molecular complexity index is 325. The first-order chi connectivity index (χ1) is 8.56. The molecule has 0 aromatic carbocycles. The molecule has 0 atom stereocenters. The van der Waals surface area contributed by atoms with E-state index >= 15 is 0 Å². The zero-order valence-corrected chi connectivity index (χ0v) is 11.3. The smallest absolute Gasteiger partial charge is 0.652 e. The molecule has 104 valence electrons. The number of rotatable bonds is 7. The van der Waals surface area contributed by atoms with E-state index in [-0.39, 0.29) is 1.43 Å². The number of aryl methyl sites for hydroxylation is 2. The van der Waals surface area contributed by atoms with Gasteiger partial charge in [-0.05, 0) is 19.0 Å². The fourth-order valence-electron chi connectivity index (χ4n) is 1.71. The number of hydrogen-bond donors (Lipinski definition) is 0. The summed E-state index contributed by atoms with van der Waals surface area (Å²) in [7, 11) is 2.07. The standard InChI is InChI=1S/C12H23N2.CH2O3/c1-3-4-5-6-7-8-9-14-11-10-13(2)12-14;2-1(3)4/h10-12H,3-9H2,1-2H3;(H2,2,3,4)/q+1;/p-1. The van der Waals surface area contributed by atoms with Crippen molar-refractivity contribution in [2.75, 3.05) is 0 Å². The number of carboxylic acid groups (broad SMARTS) is 2. The maximum atomic E-state index is 8.33.